The van der Waals surface area contributed by atoms with E-state index in [1.807, 2.05) is 0 Å². The van der Waals surface area contributed by atoms with E-state index in [9.17, 15) is 14.0 Å². The second kappa shape index (κ2) is 6.37. The van der Waals surface area contributed by atoms with Gasteiger partial charge in [-0.1, -0.05) is 23.7 Å². The predicted molar refractivity (Wildman–Crippen MR) is 83.9 cm³/mol. The third-order valence-corrected chi connectivity index (χ3v) is 4.09. The first kappa shape index (κ1) is 15.5. The lowest BCUT2D eigenvalue weighted by atomic mass is 10.2. The van der Waals surface area contributed by atoms with E-state index in [4.69, 9.17) is 11.6 Å². The first-order valence-corrected chi connectivity index (χ1v) is 7.43. The summed E-state index contributed by atoms with van der Waals surface area (Å²) in [5, 5.41) is 5.99. The number of nitrogens with one attached hydrogen (secondary N) is 1. The van der Waals surface area contributed by atoms with Gasteiger partial charge in [0, 0.05) is 19.6 Å². The minimum atomic E-state index is -0.481. The highest BCUT2D eigenvalue weighted by Crippen LogP contribution is 2.22. The van der Waals surface area contributed by atoms with Gasteiger partial charge in [0.2, 0.25) is 5.91 Å². The Bertz CT molecular complexity index is 778. The SMILES string of the molecule is O=C1CN(c2cn[nH]c(=O)c2Cl)CCN1Cc1ccc(F)cc1. The predicted octanol–water partition coefficient (Wildman–Crippen LogP) is 1.41. The van der Waals surface area contributed by atoms with Gasteiger partial charge in [0.15, 0.2) is 0 Å². The molecule has 1 amide bonds. The molecule has 6 nitrogen and oxygen atoms in total. The molecule has 0 aliphatic carbocycles. The van der Waals surface area contributed by atoms with Crippen LogP contribution in [0.1, 0.15) is 5.56 Å². The number of aromatic amines is 1. The molecule has 1 aliphatic heterocycles. The van der Waals surface area contributed by atoms with Crippen LogP contribution >= 0.6 is 11.6 Å². The molecule has 1 aromatic heterocycles. The van der Waals surface area contributed by atoms with Crippen LogP contribution in [0.3, 0.4) is 0 Å². The Morgan fingerprint density at radius 1 is 1.22 bits per heavy atom. The maximum absolute atomic E-state index is 12.9. The smallest absolute Gasteiger partial charge is 0.285 e. The van der Waals surface area contributed by atoms with E-state index in [1.54, 1.807) is 21.9 Å². The van der Waals surface area contributed by atoms with Gasteiger partial charge in [0.05, 0.1) is 18.4 Å². The molecule has 1 N–H and O–H groups in total. The molecule has 1 aromatic carbocycles. The first-order chi connectivity index (χ1) is 11.0. The molecule has 0 unspecified atom stereocenters. The highest BCUT2D eigenvalue weighted by molar-refractivity contribution is 6.33. The van der Waals surface area contributed by atoms with Crippen LogP contribution in [0.25, 0.3) is 0 Å². The van der Waals surface area contributed by atoms with E-state index in [2.05, 4.69) is 10.2 Å². The lowest BCUT2D eigenvalue weighted by molar-refractivity contribution is -0.131. The summed E-state index contributed by atoms with van der Waals surface area (Å²) in [6.45, 7) is 1.57. The highest BCUT2D eigenvalue weighted by atomic mass is 35.5. The maximum atomic E-state index is 12.9. The van der Waals surface area contributed by atoms with Crippen molar-refractivity contribution in [1.29, 1.82) is 0 Å². The topological polar surface area (TPSA) is 69.3 Å². The molecule has 1 aliphatic rings. The third kappa shape index (κ3) is 3.34. The van der Waals surface area contributed by atoms with Gasteiger partial charge < -0.3 is 9.80 Å². The normalized spacial score (nSPS) is 15.1. The van der Waals surface area contributed by atoms with Crippen LogP contribution in [0.15, 0.2) is 35.3 Å². The molecular formula is C15H14ClFN4O2. The number of carbonyl (C=O) groups excluding carboxylic acids is 1. The minimum absolute atomic E-state index is 0.0276. The molecule has 0 spiro atoms. The van der Waals surface area contributed by atoms with Gasteiger partial charge in [-0.25, -0.2) is 9.49 Å². The fourth-order valence-corrected chi connectivity index (χ4v) is 2.70. The van der Waals surface area contributed by atoms with Gasteiger partial charge in [-0.05, 0) is 17.7 Å². The van der Waals surface area contributed by atoms with Crippen molar-refractivity contribution in [3.05, 3.63) is 57.2 Å². The van der Waals surface area contributed by atoms with Crippen molar-refractivity contribution in [1.82, 2.24) is 15.1 Å². The molecule has 0 radical (unpaired) electrons. The lowest BCUT2D eigenvalue weighted by Crippen LogP contribution is -2.50. The van der Waals surface area contributed by atoms with Crippen LogP contribution in [-0.4, -0.2) is 40.6 Å². The molecule has 3 rings (SSSR count). The number of hydrogen-bond acceptors (Lipinski definition) is 4. The fourth-order valence-electron chi connectivity index (χ4n) is 2.49. The third-order valence-electron chi connectivity index (χ3n) is 3.72. The number of amides is 1. The molecule has 23 heavy (non-hydrogen) atoms. The number of piperazine rings is 1. The van der Waals surface area contributed by atoms with Crippen molar-refractivity contribution in [3.8, 4) is 0 Å². The quantitative estimate of drug-likeness (QED) is 0.920. The second-order valence-electron chi connectivity index (χ2n) is 5.26. The van der Waals surface area contributed by atoms with Crippen LogP contribution in [0.5, 0.6) is 0 Å². The lowest BCUT2D eigenvalue weighted by Gasteiger charge is -2.35. The maximum Gasteiger partial charge on any atom is 0.285 e. The number of H-pyrrole nitrogens is 1. The summed E-state index contributed by atoms with van der Waals surface area (Å²) < 4.78 is 12.9. The van der Waals surface area contributed by atoms with Crippen molar-refractivity contribution in [2.45, 2.75) is 6.54 Å². The summed E-state index contributed by atoms with van der Waals surface area (Å²) in [4.78, 5) is 27.2. The number of aromatic nitrogens is 2. The van der Waals surface area contributed by atoms with Gasteiger partial charge >= 0.3 is 0 Å². The molecule has 0 atom stereocenters. The Labute approximate surface area is 136 Å². The van der Waals surface area contributed by atoms with E-state index in [0.29, 0.717) is 25.3 Å². The van der Waals surface area contributed by atoms with Crippen LogP contribution in [0, 0.1) is 5.82 Å². The number of nitrogens with zero attached hydrogens (tertiary/aromatic N) is 3. The number of anilines is 1. The summed E-state index contributed by atoms with van der Waals surface area (Å²) >= 11 is 5.97. The van der Waals surface area contributed by atoms with E-state index in [-0.39, 0.29) is 23.3 Å². The summed E-state index contributed by atoms with van der Waals surface area (Å²) in [5.74, 6) is -0.390. The van der Waals surface area contributed by atoms with Gasteiger partial charge in [0.25, 0.3) is 5.56 Å². The molecule has 2 heterocycles. The molecule has 8 heteroatoms. The van der Waals surface area contributed by atoms with Crippen molar-refractivity contribution in [2.24, 2.45) is 0 Å². The molecule has 1 fully saturated rings. The summed E-state index contributed by atoms with van der Waals surface area (Å²) in [6, 6.07) is 6.06. The monoisotopic (exact) mass is 336 g/mol. The van der Waals surface area contributed by atoms with Crippen LogP contribution < -0.4 is 10.5 Å². The average molecular weight is 337 g/mol. The van der Waals surface area contributed by atoms with Crippen LogP contribution in [-0.2, 0) is 11.3 Å². The Balaban J connectivity index is 1.70. The Hall–Kier alpha value is -2.41. The van der Waals surface area contributed by atoms with Gasteiger partial charge in [0.1, 0.15) is 10.8 Å². The van der Waals surface area contributed by atoms with Crippen LogP contribution in [0.2, 0.25) is 5.02 Å². The molecule has 0 bridgehead atoms. The first-order valence-electron chi connectivity index (χ1n) is 7.05. The highest BCUT2D eigenvalue weighted by Gasteiger charge is 2.26. The number of benzene rings is 1. The summed E-state index contributed by atoms with van der Waals surface area (Å²) in [7, 11) is 0. The standard InChI is InChI=1S/C15H14ClFN4O2/c16-14-12(7-18-19-15(14)23)20-5-6-21(13(22)9-20)8-10-1-3-11(17)4-2-10/h1-4,7H,5-6,8-9H2,(H,19,23). The molecular weight excluding hydrogens is 323 g/mol. The van der Waals surface area contributed by atoms with E-state index in [0.717, 1.165) is 5.56 Å². The molecule has 120 valence electrons. The average Bonchev–Trinajstić information content (AvgIpc) is 2.54. The zero-order valence-corrected chi connectivity index (χ0v) is 12.9. The largest absolute Gasteiger partial charge is 0.358 e. The second-order valence-corrected chi connectivity index (χ2v) is 5.64. The molecule has 1 saturated heterocycles. The minimum Gasteiger partial charge on any atom is -0.358 e. The molecule has 2 aromatic rings. The fraction of sp³-hybridized carbons (Fsp3) is 0.267. The zero-order chi connectivity index (χ0) is 16.4. The Kier molecular flexibility index (Phi) is 4.29. The van der Waals surface area contributed by atoms with E-state index in [1.165, 1.54) is 18.3 Å². The Morgan fingerprint density at radius 2 is 1.96 bits per heavy atom. The van der Waals surface area contributed by atoms with Crippen molar-refractivity contribution < 1.29 is 9.18 Å². The summed E-state index contributed by atoms with van der Waals surface area (Å²) in [5.41, 5.74) is 0.833. The van der Waals surface area contributed by atoms with Crippen molar-refractivity contribution in [3.63, 3.8) is 0 Å². The number of rotatable bonds is 3. The van der Waals surface area contributed by atoms with E-state index < -0.39 is 5.56 Å². The number of hydrogen-bond donors (Lipinski definition) is 1. The van der Waals surface area contributed by atoms with E-state index >= 15 is 0 Å². The number of carbonyl (C=O) groups is 1. The van der Waals surface area contributed by atoms with Crippen LogP contribution in [0.4, 0.5) is 10.1 Å². The number of halogens is 2. The van der Waals surface area contributed by atoms with Gasteiger partial charge in [-0.15, -0.1) is 0 Å². The Morgan fingerprint density at radius 3 is 2.65 bits per heavy atom. The van der Waals surface area contributed by atoms with Crippen molar-refractivity contribution >= 4 is 23.2 Å². The summed E-state index contributed by atoms with van der Waals surface area (Å²) in [6.07, 6.45) is 1.44. The molecule has 0 saturated carbocycles. The van der Waals surface area contributed by atoms with Crippen molar-refractivity contribution in [2.75, 3.05) is 24.5 Å². The van der Waals surface area contributed by atoms with Gasteiger partial charge in [-0.3, -0.25) is 9.59 Å². The van der Waals surface area contributed by atoms with Gasteiger partial charge in [-0.2, -0.15) is 5.10 Å². The zero-order valence-electron chi connectivity index (χ0n) is 12.1.